The molecule has 0 atom stereocenters. The zero-order chi connectivity index (χ0) is 13.7. The smallest absolute Gasteiger partial charge is 0.275 e. The van der Waals surface area contributed by atoms with E-state index in [4.69, 9.17) is 0 Å². The maximum absolute atomic E-state index is 12.7. The van der Waals surface area contributed by atoms with Crippen LogP contribution in [-0.4, -0.2) is 41.3 Å². The molecule has 0 spiro atoms. The van der Waals surface area contributed by atoms with E-state index >= 15 is 0 Å². The van der Waals surface area contributed by atoms with E-state index in [0.717, 1.165) is 4.31 Å². The largest absolute Gasteiger partial charge is 0.336 e. The maximum Gasteiger partial charge on any atom is 0.275 e. The van der Waals surface area contributed by atoms with Crippen molar-refractivity contribution in [1.82, 2.24) is 13.9 Å². The Balaban J connectivity index is 2.29. The second kappa shape index (κ2) is 3.99. The molecule has 5 nitrogen and oxygen atoms in total. The van der Waals surface area contributed by atoms with Gasteiger partial charge in [-0.2, -0.15) is 4.31 Å². The number of hydrogen-bond acceptors (Lipinski definition) is 3. The number of imidazole rings is 1. The number of sulfonamides is 1. The van der Waals surface area contributed by atoms with Gasteiger partial charge in [0.05, 0.1) is 13.1 Å². The van der Waals surface area contributed by atoms with Gasteiger partial charge in [-0.05, 0) is 0 Å². The minimum Gasteiger partial charge on any atom is -0.336 e. The molecule has 1 aliphatic rings. The second-order valence-corrected chi connectivity index (χ2v) is 6.72. The first-order valence-electron chi connectivity index (χ1n) is 5.55. The Morgan fingerprint density at radius 3 is 2.33 bits per heavy atom. The summed E-state index contributed by atoms with van der Waals surface area (Å²) in [5, 5.41) is -0.163. The van der Waals surface area contributed by atoms with Gasteiger partial charge in [-0.15, -0.1) is 0 Å². The first-order chi connectivity index (χ1) is 8.13. The van der Waals surface area contributed by atoms with E-state index in [-0.39, 0.29) is 10.9 Å². The fraction of sp³-hybridized carbons (Fsp3) is 0.700. The molecular weight excluding hydrogens is 264 g/mol. The third kappa shape index (κ3) is 2.14. The van der Waals surface area contributed by atoms with Crippen molar-refractivity contribution in [3.63, 3.8) is 0 Å². The second-order valence-electron chi connectivity index (χ2n) is 4.83. The molecule has 102 valence electrons. The minimum absolute atomic E-state index is 0.0665. The highest BCUT2D eigenvalue weighted by molar-refractivity contribution is 7.89. The number of alkyl halides is 2. The minimum atomic E-state index is -3.89. The van der Waals surface area contributed by atoms with E-state index in [1.54, 1.807) is 11.6 Å². The zero-order valence-electron chi connectivity index (χ0n) is 10.4. The number of rotatable bonds is 3. The molecule has 0 unspecified atom stereocenters. The van der Waals surface area contributed by atoms with E-state index in [1.165, 1.54) is 6.20 Å². The van der Waals surface area contributed by atoms with Gasteiger partial charge in [-0.3, -0.25) is 0 Å². The molecule has 18 heavy (non-hydrogen) atoms. The molecule has 2 rings (SSSR count). The van der Waals surface area contributed by atoms with Crippen LogP contribution in [0.2, 0.25) is 0 Å². The summed E-state index contributed by atoms with van der Waals surface area (Å²) in [6.07, 6.45) is 1.36. The average Bonchev–Trinajstić information content (AvgIpc) is 2.57. The molecule has 0 saturated carbocycles. The van der Waals surface area contributed by atoms with Gasteiger partial charge in [0.15, 0.2) is 5.03 Å². The van der Waals surface area contributed by atoms with Gasteiger partial charge in [0.2, 0.25) is 0 Å². The highest BCUT2D eigenvalue weighted by Crippen LogP contribution is 2.32. The number of hydrogen-bond donors (Lipinski definition) is 0. The summed E-state index contributed by atoms with van der Waals surface area (Å²) in [5.41, 5.74) is 0. The Bertz CT molecular complexity index is 558. The van der Waals surface area contributed by atoms with Gasteiger partial charge >= 0.3 is 0 Å². The van der Waals surface area contributed by atoms with Crippen molar-refractivity contribution in [3.8, 4) is 0 Å². The molecule has 1 aromatic rings. The monoisotopic (exact) mass is 279 g/mol. The van der Waals surface area contributed by atoms with Crippen LogP contribution < -0.4 is 0 Å². The van der Waals surface area contributed by atoms with Crippen LogP contribution in [0.1, 0.15) is 25.6 Å². The summed E-state index contributed by atoms with van der Waals surface area (Å²) >= 11 is 0. The van der Waals surface area contributed by atoms with Crippen molar-refractivity contribution in [2.24, 2.45) is 7.05 Å². The summed E-state index contributed by atoms with van der Waals surface area (Å²) in [5.74, 6) is -2.24. The predicted octanol–water partition coefficient (Wildman–Crippen LogP) is 1.18. The molecule has 1 aromatic heterocycles. The number of aromatic nitrogens is 2. The Labute approximate surface area is 104 Å². The quantitative estimate of drug-likeness (QED) is 0.835. The van der Waals surface area contributed by atoms with Crippen molar-refractivity contribution in [1.29, 1.82) is 0 Å². The molecule has 1 saturated heterocycles. The summed E-state index contributed by atoms with van der Waals surface area (Å²) in [6, 6.07) is 0. The van der Waals surface area contributed by atoms with Crippen molar-refractivity contribution in [2.45, 2.75) is 30.7 Å². The Morgan fingerprint density at radius 2 is 1.94 bits per heavy atom. The van der Waals surface area contributed by atoms with Crippen LogP contribution >= 0.6 is 0 Å². The van der Waals surface area contributed by atoms with E-state index in [1.807, 2.05) is 13.8 Å². The van der Waals surface area contributed by atoms with Gasteiger partial charge < -0.3 is 4.57 Å². The van der Waals surface area contributed by atoms with Gasteiger partial charge in [0.25, 0.3) is 15.9 Å². The molecule has 1 fully saturated rings. The third-order valence-corrected chi connectivity index (χ3v) is 4.49. The zero-order valence-corrected chi connectivity index (χ0v) is 11.2. The fourth-order valence-corrected chi connectivity index (χ4v) is 3.37. The average molecular weight is 279 g/mol. The van der Waals surface area contributed by atoms with Gasteiger partial charge in [-0.25, -0.2) is 22.2 Å². The van der Waals surface area contributed by atoms with Crippen LogP contribution in [0.4, 0.5) is 8.78 Å². The molecular formula is C10H15F2N3O2S. The standard InChI is InChI=1S/C10H15F2N3O2S/c1-7(2)9-13-8(4-14(9)3)18(16,17)15-5-10(11,12)6-15/h4,7H,5-6H2,1-3H3. The van der Waals surface area contributed by atoms with Gasteiger partial charge in [-0.1, -0.05) is 13.8 Å². The topological polar surface area (TPSA) is 55.2 Å². The summed E-state index contributed by atoms with van der Waals surface area (Å²) in [6.45, 7) is 2.25. The number of halogens is 2. The van der Waals surface area contributed by atoms with E-state index in [2.05, 4.69) is 4.98 Å². The Morgan fingerprint density at radius 1 is 1.39 bits per heavy atom. The van der Waals surface area contributed by atoms with Crippen LogP contribution in [-0.2, 0) is 17.1 Å². The van der Waals surface area contributed by atoms with Crippen LogP contribution in [0.5, 0.6) is 0 Å². The number of aryl methyl sites for hydroxylation is 1. The van der Waals surface area contributed by atoms with Crippen LogP contribution in [0.25, 0.3) is 0 Å². The van der Waals surface area contributed by atoms with Gasteiger partial charge in [0, 0.05) is 19.2 Å². The Hall–Kier alpha value is -1.02. The van der Waals surface area contributed by atoms with E-state index in [9.17, 15) is 17.2 Å². The summed E-state index contributed by atoms with van der Waals surface area (Å²) in [4.78, 5) is 4.02. The van der Waals surface area contributed by atoms with Crippen LogP contribution in [0.15, 0.2) is 11.2 Å². The predicted molar refractivity (Wildman–Crippen MR) is 61.0 cm³/mol. The van der Waals surface area contributed by atoms with Crippen LogP contribution in [0, 0.1) is 0 Å². The molecule has 0 aromatic carbocycles. The lowest BCUT2D eigenvalue weighted by Gasteiger charge is -2.36. The molecule has 2 heterocycles. The van der Waals surface area contributed by atoms with Crippen molar-refractivity contribution in [3.05, 3.63) is 12.0 Å². The van der Waals surface area contributed by atoms with Crippen molar-refractivity contribution >= 4 is 10.0 Å². The van der Waals surface area contributed by atoms with Crippen molar-refractivity contribution < 1.29 is 17.2 Å². The molecule has 0 N–H and O–H groups in total. The molecule has 0 bridgehead atoms. The lowest BCUT2D eigenvalue weighted by molar-refractivity contribution is -0.0945. The third-order valence-electron chi connectivity index (χ3n) is 2.83. The first kappa shape index (κ1) is 13.4. The molecule has 1 aliphatic heterocycles. The van der Waals surface area contributed by atoms with E-state index in [0.29, 0.717) is 5.82 Å². The molecule has 8 heteroatoms. The molecule has 0 amide bonds. The van der Waals surface area contributed by atoms with Crippen LogP contribution in [0.3, 0.4) is 0 Å². The maximum atomic E-state index is 12.7. The lowest BCUT2D eigenvalue weighted by Crippen LogP contribution is -2.58. The number of nitrogens with zero attached hydrogens (tertiary/aromatic N) is 3. The first-order valence-corrected chi connectivity index (χ1v) is 6.99. The summed E-state index contributed by atoms with van der Waals surface area (Å²) in [7, 11) is -2.20. The molecule has 0 radical (unpaired) electrons. The Kier molecular flexibility index (Phi) is 2.97. The molecule has 0 aliphatic carbocycles. The summed E-state index contributed by atoms with van der Waals surface area (Å²) < 4.78 is 51.8. The van der Waals surface area contributed by atoms with E-state index < -0.39 is 29.0 Å². The SMILES string of the molecule is CC(C)c1nc(S(=O)(=O)N2CC(F)(F)C2)cn1C. The highest BCUT2D eigenvalue weighted by atomic mass is 32.2. The highest BCUT2D eigenvalue weighted by Gasteiger charge is 2.50. The van der Waals surface area contributed by atoms with Gasteiger partial charge in [0.1, 0.15) is 5.82 Å². The fourth-order valence-electron chi connectivity index (χ4n) is 1.89. The normalized spacial score (nSPS) is 20.1. The lowest BCUT2D eigenvalue weighted by atomic mass is 10.2. The van der Waals surface area contributed by atoms with Crippen molar-refractivity contribution in [2.75, 3.05) is 13.1 Å².